The van der Waals surface area contributed by atoms with Gasteiger partial charge in [-0.25, -0.2) is 17.9 Å². The topological polar surface area (TPSA) is 98.5 Å². The van der Waals surface area contributed by atoms with E-state index in [2.05, 4.69) is 0 Å². The number of nitrogens with one attached hydrogen (secondary N) is 1. The summed E-state index contributed by atoms with van der Waals surface area (Å²) in [6, 6.07) is 16.9. The smallest absolute Gasteiger partial charge is 0.422 e. The van der Waals surface area contributed by atoms with E-state index in [1.165, 1.54) is 12.1 Å². The van der Waals surface area contributed by atoms with Crippen LogP contribution in [0.5, 0.6) is 0 Å². The van der Waals surface area contributed by atoms with Gasteiger partial charge in [0, 0.05) is 6.42 Å². The number of benzene rings is 2. The molecule has 2 aromatic carbocycles. The maximum Gasteiger partial charge on any atom is 0.422 e. The van der Waals surface area contributed by atoms with Crippen molar-refractivity contribution >= 4 is 16.1 Å². The number of rotatable bonds is 6. The first-order valence-corrected chi connectivity index (χ1v) is 8.96. The fourth-order valence-electron chi connectivity index (χ4n) is 2.15. The first kappa shape index (κ1) is 18.0. The largest absolute Gasteiger partial charge is 0.427 e. The summed E-state index contributed by atoms with van der Waals surface area (Å²) in [7, 11) is -3.99. The maximum absolute atomic E-state index is 12.1. The molecule has 0 aromatic heterocycles. The monoisotopic (exact) mass is 348 g/mol. The molecule has 0 heterocycles. The second-order valence-electron chi connectivity index (χ2n) is 5.39. The van der Waals surface area contributed by atoms with Gasteiger partial charge in [0.05, 0.1) is 4.90 Å². The molecule has 0 spiro atoms. The third kappa shape index (κ3) is 4.81. The number of carbonyl (C=O) groups excluding carboxylic acids is 1. The van der Waals surface area contributed by atoms with Crippen LogP contribution in [0.2, 0.25) is 0 Å². The summed E-state index contributed by atoms with van der Waals surface area (Å²) >= 11 is 0. The molecule has 7 heteroatoms. The van der Waals surface area contributed by atoms with Crippen LogP contribution in [0.3, 0.4) is 0 Å². The highest BCUT2D eigenvalue weighted by Gasteiger charge is 2.30. The van der Waals surface area contributed by atoms with Crippen LogP contribution in [0, 0.1) is 0 Å². The zero-order valence-electron chi connectivity index (χ0n) is 13.3. The standard InChI is InChI=1S/C17H20N2O4S/c1-2-17(18,13-14-9-5-3-6-10-14)23-16(20)19-24(21,22)15-11-7-4-8-12-15/h3-12H,2,13,18H2,1H3,(H,19,20)/t17-/m0/s1. The lowest BCUT2D eigenvalue weighted by Gasteiger charge is -2.28. The van der Waals surface area contributed by atoms with Crippen LogP contribution in [0.4, 0.5) is 4.79 Å². The normalized spacial score (nSPS) is 13.8. The summed E-state index contributed by atoms with van der Waals surface area (Å²) in [4.78, 5) is 12.0. The van der Waals surface area contributed by atoms with Gasteiger partial charge in [-0.2, -0.15) is 0 Å². The van der Waals surface area contributed by atoms with Crippen molar-refractivity contribution in [3.05, 3.63) is 66.2 Å². The quantitative estimate of drug-likeness (QED) is 0.781. The lowest BCUT2D eigenvalue weighted by molar-refractivity contribution is 0.0161. The second-order valence-corrected chi connectivity index (χ2v) is 7.07. The van der Waals surface area contributed by atoms with Crippen molar-refractivity contribution in [3.8, 4) is 0 Å². The van der Waals surface area contributed by atoms with Crippen molar-refractivity contribution in [2.75, 3.05) is 0 Å². The van der Waals surface area contributed by atoms with Crippen LogP contribution in [0.15, 0.2) is 65.6 Å². The average Bonchev–Trinajstić information content (AvgIpc) is 2.56. The van der Waals surface area contributed by atoms with Gasteiger partial charge in [0.25, 0.3) is 10.0 Å². The molecule has 3 N–H and O–H groups in total. The van der Waals surface area contributed by atoms with Gasteiger partial charge >= 0.3 is 6.09 Å². The molecule has 1 amide bonds. The van der Waals surface area contributed by atoms with E-state index in [0.717, 1.165) is 5.56 Å². The maximum atomic E-state index is 12.1. The van der Waals surface area contributed by atoms with E-state index in [9.17, 15) is 13.2 Å². The Morgan fingerprint density at radius 2 is 1.62 bits per heavy atom. The van der Waals surface area contributed by atoms with Gasteiger partial charge in [0.2, 0.25) is 0 Å². The third-order valence-corrected chi connectivity index (χ3v) is 4.84. The van der Waals surface area contributed by atoms with Gasteiger partial charge < -0.3 is 4.74 Å². The van der Waals surface area contributed by atoms with Crippen LogP contribution in [0.1, 0.15) is 18.9 Å². The summed E-state index contributed by atoms with van der Waals surface area (Å²) in [5, 5.41) is 0. The molecule has 0 radical (unpaired) electrons. The van der Waals surface area contributed by atoms with Gasteiger partial charge in [-0.15, -0.1) is 0 Å². The third-order valence-electron chi connectivity index (χ3n) is 3.51. The Kier molecular flexibility index (Phi) is 5.58. The molecule has 0 saturated heterocycles. The van der Waals surface area contributed by atoms with Gasteiger partial charge in [-0.1, -0.05) is 55.5 Å². The van der Waals surface area contributed by atoms with E-state index in [0.29, 0.717) is 6.42 Å². The Morgan fingerprint density at radius 3 is 2.17 bits per heavy atom. The van der Waals surface area contributed by atoms with Crippen molar-refractivity contribution in [1.29, 1.82) is 0 Å². The fraction of sp³-hybridized carbons (Fsp3) is 0.235. The molecule has 0 fully saturated rings. The lowest BCUT2D eigenvalue weighted by atomic mass is 10.0. The van der Waals surface area contributed by atoms with Crippen molar-refractivity contribution in [3.63, 3.8) is 0 Å². The zero-order valence-corrected chi connectivity index (χ0v) is 14.1. The van der Waals surface area contributed by atoms with Crippen LogP contribution < -0.4 is 10.5 Å². The lowest BCUT2D eigenvalue weighted by Crippen LogP contribution is -2.49. The van der Waals surface area contributed by atoms with Gasteiger partial charge in [-0.05, 0) is 24.1 Å². The molecule has 0 aliphatic rings. The molecule has 0 unspecified atom stereocenters. The Bertz CT molecular complexity index is 779. The Balaban J connectivity index is 2.06. The molecule has 0 aliphatic carbocycles. The van der Waals surface area contributed by atoms with Gasteiger partial charge in [-0.3, -0.25) is 5.73 Å². The molecule has 2 rings (SSSR count). The predicted octanol–water partition coefficient (Wildman–Crippen LogP) is 2.41. The number of nitrogens with two attached hydrogens (primary N) is 1. The first-order chi connectivity index (χ1) is 11.3. The minimum absolute atomic E-state index is 0.0240. The van der Waals surface area contributed by atoms with Gasteiger partial charge in [0.15, 0.2) is 5.72 Å². The Hall–Kier alpha value is -2.38. The van der Waals surface area contributed by atoms with Crippen LogP contribution in [-0.2, 0) is 21.2 Å². The van der Waals surface area contributed by atoms with Crippen LogP contribution in [0.25, 0.3) is 0 Å². The molecule has 1 atom stereocenters. The second kappa shape index (κ2) is 7.46. The van der Waals surface area contributed by atoms with E-state index >= 15 is 0 Å². The molecule has 2 aromatic rings. The summed E-state index contributed by atoms with van der Waals surface area (Å²) < 4.78 is 31.3. The average molecular weight is 348 g/mol. The minimum atomic E-state index is -3.99. The molecule has 128 valence electrons. The van der Waals surface area contributed by atoms with Crippen molar-refractivity contribution < 1.29 is 17.9 Å². The molecule has 0 saturated carbocycles. The molecular weight excluding hydrogens is 328 g/mol. The van der Waals surface area contributed by atoms with Crippen LogP contribution >= 0.6 is 0 Å². The molecular formula is C17H20N2O4S. The number of carbonyl (C=O) groups is 1. The number of hydrogen-bond acceptors (Lipinski definition) is 5. The number of sulfonamides is 1. The van der Waals surface area contributed by atoms with E-state index in [1.807, 2.05) is 35.1 Å². The highest BCUT2D eigenvalue weighted by molar-refractivity contribution is 7.90. The zero-order chi connectivity index (χ0) is 17.6. The highest BCUT2D eigenvalue weighted by atomic mass is 32.2. The summed E-state index contributed by atoms with van der Waals surface area (Å²) in [5.41, 5.74) is 5.71. The van der Waals surface area contributed by atoms with E-state index in [-0.39, 0.29) is 11.3 Å². The van der Waals surface area contributed by atoms with Crippen molar-refractivity contribution in [2.45, 2.75) is 30.4 Å². The van der Waals surface area contributed by atoms with E-state index < -0.39 is 21.8 Å². The predicted molar refractivity (Wildman–Crippen MR) is 90.6 cm³/mol. The SMILES string of the molecule is CC[C@@](N)(Cc1ccccc1)OC(=O)NS(=O)(=O)c1ccccc1. The molecule has 0 bridgehead atoms. The highest BCUT2D eigenvalue weighted by Crippen LogP contribution is 2.17. The summed E-state index contributed by atoms with van der Waals surface area (Å²) in [6.45, 7) is 1.77. The first-order valence-electron chi connectivity index (χ1n) is 7.48. The van der Waals surface area contributed by atoms with Crippen LogP contribution in [-0.4, -0.2) is 20.2 Å². The van der Waals surface area contributed by atoms with E-state index in [4.69, 9.17) is 10.5 Å². The molecule has 6 nitrogen and oxygen atoms in total. The number of hydrogen-bond donors (Lipinski definition) is 2. The summed E-state index contributed by atoms with van der Waals surface area (Å²) in [5.74, 6) is 0. The van der Waals surface area contributed by atoms with Crippen molar-refractivity contribution in [2.24, 2.45) is 5.73 Å². The van der Waals surface area contributed by atoms with E-state index in [1.54, 1.807) is 25.1 Å². The summed E-state index contributed by atoms with van der Waals surface area (Å²) in [6.07, 6.45) is -0.483. The Labute approximate surface area is 141 Å². The molecule has 24 heavy (non-hydrogen) atoms. The minimum Gasteiger partial charge on any atom is -0.427 e. The van der Waals surface area contributed by atoms with Gasteiger partial charge in [0.1, 0.15) is 0 Å². The van der Waals surface area contributed by atoms with Crippen molar-refractivity contribution in [1.82, 2.24) is 4.72 Å². The number of ether oxygens (including phenoxy) is 1. The fourth-order valence-corrected chi connectivity index (χ4v) is 3.04. The Morgan fingerprint density at radius 1 is 1.08 bits per heavy atom. The molecule has 0 aliphatic heterocycles. The number of amides is 1.